The third-order valence-electron chi connectivity index (χ3n) is 2.63. The van der Waals surface area contributed by atoms with Crippen molar-refractivity contribution >= 4 is 39.1 Å². The second-order valence-corrected chi connectivity index (χ2v) is 5.22. The molecule has 1 saturated carbocycles. The Labute approximate surface area is 102 Å². The topological polar surface area (TPSA) is 29.1 Å². The van der Waals surface area contributed by atoms with E-state index in [0.29, 0.717) is 10.9 Å². The minimum absolute atomic E-state index is 0.0884. The van der Waals surface area contributed by atoms with Gasteiger partial charge >= 0.3 is 0 Å². The van der Waals surface area contributed by atoms with Crippen molar-refractivity contribution in [2.24, 2.45) is 11.8 Å². The molecule has 0 saturated heterocycles. The lowest BCUT2D eigenvalue weighted by Crippen LogP contribution is -2.14. The number of anilines is 1. The van der Waals surface area contributed by atoms with E-state index < -0.39 is 0 Å². The number of carbonyl (C=O) groups is 1. The Morgan fingerprint density at radius 3 is 2.87 bits per heavy atom. The summed E-state index contributed by atoms with van der Waals surface area (Å²) in [6.07, 6.45) is 0.990. The van der Waals surface area contributed by atoms with Gasteiger partial charge in [-0.05, 0) is 46.5 Å². The lowest BCUT2D eigenvalue weighted by Gasteiger charge is -2.07. The van der Waals surface area contributed by atoms with Crippen molar-refractivity contribution in [1.29, 1.82) is 0 Å². The molecule has 0 heterocycles. The summed E-state index contributed by atoms with van der Waals surface area (Å²) in [5.74, 6) is 0.782. The predicted octanol–water partition coefficient (Wildman–Crippen LogP) is 3.70. The Kier molecular flexibility index (Phi) is 3.03. The zero-order valence-electron chi connectivity index (χ0n) is 8.26. The summed E-state index contributed by atoms with van der Waals surface area (Å²) in [5.41, 5.74) is 0.742. The van der Waals surface area contributed by atoms with Crippen LogP contribution >= 0.6 is 27.5 Å². The highest BCUT2D eigenvalue weighted by molar-refractivity contribution is 9.10. The van der Waals surface area contributed by atoms with Gasteiger partial charge in [0.1, 0.15) is 0 Å². The van der Waals surface area contributed by atoms with Gasteiger partial charge in [0, 0.05) is 15.4 Å². The quantitative estimate of drug-likeness (QED) is 0.883. The van der Waals surface area contributed by atoms with E-state index in [9.17, 15) is 4.79 Å². The molecule has 0 aliphatic heterocycles. The average molecular weight is 289 g/mol. The van der Waals surface area contributed by atoms with Crippen molar-refractivity contribution < 1.29 is 4.79 Å². The van der Waals surface area contributed by atoms with Crippen LogP contribution in [0.25, 0.3) is 0 Å². The lowest BCUT2D eigenvalue weighted by atomic mass is 10.3. The number of hydrogen-bond acceptors (Lipinski definition) is 1. The molecular formula is C11H11BrClNO. The molecule has 2 atom stereocenters. The normalized spacial score (nSPS) is 23.7. The monoisotopic (exact) mass is 287 g/mol. The fourth-order valence-electron chi connectivity index (χ4n) is 1.51. The molecule has 0 radical (unpaired) electrons. The highest BCUT2D eigenvalue weighted by Gasteiger charge is 2.39. The Bertz CT molecular complexity index is 408. The third-order valence-corrected chi connectivity index (χ3v) is 3.56. The molecule has 1 amide bonds. The first-order valence-corrected chi connectivity index (χ1v) is 6.01. The average Bonchev–Trinajstić information content (AvgIpc) is 2.89. The lowest BCUT2D eigenvalue weighted by molar-refractivity contribution is -0.117. The molecule has 80 valence electrons. The van der Waals surface area contributed by atoms with Gasteiger partial charge in [0.05, 0.1) is 5.69 Å². The molecule has 0 bridgehead atoms. The SMILES string of the molecule is CC1CC1C(=O)Nc1cc(Cl)ccc1Br. The van der Waals surface area contributed by atoms with Gasteiger partial charge in [-0.25, -0.2) is 0 Å². The van der Waals surface area contributed by atoms with Gasteiger partial charge in [-0.3, -0.25) is 4.79 Å². The fourth-order valence-corrected chi connectivity index (χ4v) is 2.02. The van der Waals surface area contributed by atoms with Gasteiger partial charge in [0.2, 0.25) is 5.91 Å². The Morgan fingerprint density at radius 2 is 2.27 bits per heavy atom. The van der Waals surface area contributed by atoms with Crippen molar-refractivity contribution in [2.45, 2.75) is 13.3 Å². The van der Waals surface area contributed by atoms with Crippen LogP contribution in [0.5, 0.6) is 0 Å². The minimum atomic E-state index is 0.0884. The van der Waals surface area contributed by atoms with Crippen LogP contribution < -0.4 is 5.32 Å². The number of benzene rings is 1. The maximum absolute atomic E-state index is 11.7. The van der Waals surface area contributed by atoms with Crippen LogP contribution in [0.15, 0.2) is 22.7 Å². The van der Waals surface area contributed by atoms with Crippen LogP contribution in [-0.4, -0.2) is 5.91 Å². The van der Waals surface area contributed by atoms with Crippen LogP contribution in [0.3, 0.4) is 0 Å². The van der Waals surface area contributed by atoms with Gasteiger partial charge in [0.15, 0.2) is 0 Å². The highest BCUT2D eigenvalue weighted by atomic mass is 79.9. The molecule has 1 aromatic carbocycles. The fraction of sp³-hybridized carbons (Fsp3) is 0.364. The van der Waals surface area contributed by atoms with Crippen LogP contribution in [0.1, 0.15) is 13.3 Å². The number of halogens is 2. The van der Waals surface area contributed by atoms with Crippen LogP contribution in [0.2, 0.25) is 5.02 Å². The number of nitrogens with one attached hydrogen (secondary N) is 1. The summed E-state index contributed by atoms with van der Waals surface area (Å²) in [4.78, 5) is 11.7. The molecule has 2 rings (SSSR count). The van der Waals surface area contributed by atoms with Crippen molar-refractivity contribution in [1.82, 2.24) is 0 Å². The molecule has 2 nitrogen and oxygen atoms in total. The largest absolute Gasteiger partial charge is 0.325 e. The molecule has 2 unspecified atom stereocenters. The minimum Gasteiger partial charge on any atom is -0.325 e. The van der Waals surface area contributed by atoms with Crippen LogP contribution in [0.4, 0.5) is 5.69 Å². The molecule has 1 aliphatic carbocycles. The first-order chi connectivity index (χ1) is 7.08. The molecular weight excluding hydrogens is 277 g/mol. The van der Waals surface area contributed by atoms with Gasteiger partial charge in [-0.15, -0.1) is 0 Å². The third kappa shape index (κ3) is 2.52. The van der Waals surface area contributed by atoms with Crippen molar-refractivity contribution in [3.8, 4) is 0 Å². The zero-order valence-corrected chi connectivity index (χ0v) is 10.6. The van der Waals surface area contributed by atoms with E-state index in [1.807, 2.05) is 6.07 Å². The standard InChI is InChI=1S/C11H11BrClNO/c1-6-4-8(6)11(15)14-10-5-7(13)2-3-9(10)12/h2-3,5-6,8H,4H2,1H3,(H,14,15). The number of rotatable bonds is 2. The predicted molar refractivity (Wildman–Crippen MR) is 65.1 cm³/mol. The Hall–Kier alpha value is -0.540. The van der Waals surface area contributed by atoms with E-state index in [2.05, 4.69) is 28.2 Å². The zero-order chi connectivity index (χ0) is 11.0. The number of carbonyl (C=O) groups excluding carboxylic acids is 1. The van der Waals surface area contributed by atoms with E-state index in [-0.39, 0.29) is 11.8 Å². The van der Waals surface area contributed by atoms with E-state index in [4.69, 9.17) is 11.6 Å². The molecule has 1 aromatic rings. The second-order valence-electron chi connectivity index (χ2n) is 3.93. The van der Waals surface area contributed by atoms with Crippen molar-refractivity contribution in [2.75, 3.05) is 5.32 Å². The first kappa shape index (κ1) is 11.0. The molecule has 1 N–H and O–H groups in total. The summed E-state index contributed by atoms with van der Waals surface area (Å²) in [5, 5.41) is 3.50. The van der Waals surface area contributed by atoms with Crippen molar-refractivity contribution in [3.63, 3.8) is 0 Å². The summed E-state index contributed by atoms with van der Waals surface area (Å²) in [6.45, 7) is 2.08. The first-order valence-electron chi connectivity index (χ1n) is 4.84. The van der Waals surface area contributed by atoms with E-state index in [1.54, 1.807) is 12.1 Å². The molecule has 0 spiro atoms. The Balaban J connectivity index is 2.10. The number of hydrogen-bond donors (Lipinski definition) is 1. The van der Waals surface area contributed by atoms with Crippen LogP contribution in [-0.2, 0) is 4.79 Å². The van der Waals surface area contributed by atoms with Gasteiger partial charge in [-0.2, -0.15) is 0 Å². The molecule has 15 heavy (non-hydrogen) atoms. The van der Waals surface area contributed by atoms with Crippen LogP contribution in [0, 0.1) is 11.8 Å². The molecule has 1 fully saturated rings. The smallest absolute Gasteiger partial charge is 0.227 e. The highest BCUT2D eigenvalue weighted by Crippen LogP contribution is 2.39. The van der Waals surface area contributed by atoms with E-state index in [0.717, 1.165) is 16.6 Å². The molecule has 4 heteroatoms. The number of amides is 1. The van der Waals surface area contributed by atoms with Gasteiger partial charge in [0.25, 0.3) is 0 Å². The summed E-state index contributed by atoms with van der Waals surface area (Å²) >= 11 is 9.22. The van der Waals surface area contributed by atoms with E-state index >= 15 is 0 Å². The molecule has 1 aliphatic rings. The second kappa shape index (κ2) is 4.14. The maximum atomic E-state index is 11.7. The van der Waals surface area contributed by atoms with Gasteiger partial charge in [-0.1, -0.05) is 18.5 Å². The van der Waals surface area contributed by atoms with Crippen molar-refractivity contribution in [3.05, 3.63) is 27.7 Å². The Morgan fingerprint density at radius 1 is 1.60 bits per heavy atom. The maximum Gasteiger partial charge on any atom is 0.227 e. The molecule has 0 aromatic heterocycles. The summed E-state index contributed by atoms with van der Waals surface area (Å²) < 4.78 is 0.855. The summed E-state index contributed by atoms with van der Waals surface area (Å²) in [6, 6.07) is 5.35. The summed E-state index contributed by atoms with van der Waals surface area (Å²) in [7, 11) is 0. The van der Waals surface area contributed by atoms with Gasteiger partial charge < -0.3 is 5.32 Å². The van der Waals surface area contributed by atoms with E-state index in [1.165, 1.54) is 0 Å².